The minimum atomic E-state index is -0.434. The average molecular weight is 609 g/mol. The monoisotopic (exact) mass is 608 g/mol. The molecule has 0 aliphatic rings. The number of hydrogen-bond acceptors (Lipinski definition) is 3. The Labute approximate surface area is 274 Å². The van der Waals surface area contributed by atoms with Gasteiger partial charge in [-0.15, -0.1) is 0 Å². The summed E-state index contributed by atoms with van der Waals surface area (Å²) in [5, 5.41) is 15.6. The van der Waals surface area contributed by atoms with Gasteiger partial charge in [-0.1, -0.05) is 114 Å². The van der Waals surface area contributed by atoms with Crippen LogP contribution in [0.2, 0.25) is 0 Å². The summed E-state index contributed by atoms with van der Waals surface area (Å²) >= 11 is 0. The molecule has 3 heterocycles. The molecule has 0 N–H and O–H groups in total. The Kier molecular flexibility index (Phi) is 8.60. The molecule has 0 radical (unpaired) electrons. The quantitative estimate of drug-likeness (QED) is 0.154. The maximum absolute atomic E-state index is 5.21. The number of rotatable bonds is 9. The molecule has 0 atom stereocenters. The van der Waals surface area contributed by atoms with Gasteiger partial charge in [0.2, 0.25) is 0 Å². The second-order valence-electron chi connectivity index (χ2n) is 13.5. The standard InChI is InChI=1S/C39H45BN6/c1-25(2)31-10-16-34(17-11-31)37-22-28(7)44(41-37)40(45-29(8)23-38(42-45)35-18-12-32(13-19-35)26(3)4)46-30(9)24-39(43-46)36-20-14-33(15-21-36)27(5)6/h10-27H,1-9H3. The van der Waals surface area contributed by atoms with Gasteiger partial charge in [0.1, 0.15) is 0 Å². The van der Waals surface area contributed by atoms with Crippen LogP contribution in [0, 0.1) is 20.8 Å². The lowest BCUT2D eigenvalue weighted by Crippen LogP contribution is -2.45. The Hall–Kier alpha value is -4.65. The zero-order valence-corrected chi connectivity index (χ0v) is 28.7. The second-order valence-corrected chi connectivity index (χ2v) is 13.5. The molecule has 0 spiro atoms. The molecule has 0 saturated heterocycles. The van der Waals surface area contributed by atoms with Crippen molar-refractivity contribution < 1.29 is 0 Å². The van der Waals surface area contributed by atoms with Crippen molar-refractivity contribution >= 4 is 7.12 Å². The van der Waals surface area contributed by atoms with Crippen LogP contribution in [0.5, 0.6) is 0 Å². The third-order valence-electron chi connectivity index (χ3n) is 9.04. The topological polar surface area (TPSA) is 53.5 Å². The molecule has 3 aromatic heterocycles. The van der Waals surface area contributed by atoms with Gasteiger partial charge in [-0.2, -0.15) is 15.3 Å². The second kappa shape index (κ2) is 12.6. The molecule has 0 aliphatic carbocycles. The molecular weight excluding hydrogens is 563 g/mol. The summed E-state index contributed by atoms with van der Waals surface area (Å²) in [6.07, 6.45) is 0. The highest BCUT2D eigenvalue weighted by Gasteiger charge is 2.33. The number of aromatic nitrogens is 6. The van der Waals surface area contributed by atoms with E-state index in [1.165, 1.54) is 16.7 Å². The molecule has 6 rings (SSSR count). The van der Waals surface area contributed by atoms with Crippen LogP contribution in [0.4, 0.5) is 0 Å². The van der Waals surface area contributed by atoms with Gasteiger partial charge in [0.15, 0.2) is 0 Å². The smallest absolute Gasteiger partial charge is 0.265 e. The van der Waals surface area contributed by atoms with Gasteiger partial charge in [0.05, 0.1) is 17.1 Å². The van der Waals surface area contributed by atoms with Gasteiger partial charge < -0.3 is 0 Å². The van der Waals surface area contributed by atoms with Crippen LogP contribution in [-0.2, 0) is 0 Å². The Morgan fingerprint density at radius 2 is 0.652 bits per heavy atom. The molecule has 0 bridgehead atoms. The summed E-state index contributed by atoms with van der Waals surface area (Å²) in [5.74, 6) is 1.44. The van der Waals surface area contributed by atoms with E-state index >= 15 is 0 Å². The van der Waals surface area contributed by atoms with Crippen molar-refractivity contribution in [2.24, 2.45) is 0 Å². The Morgan fingerprint density at radius 1 is 0.413 bits per heavy atom. The molecule has 0 fully saturated rings. The molecule has 46 heavy (non-hydrogen) atoms. The lowest BCUT2D eigenvalue weighted by Gasteiger charge is -2.18. The first-order chi connectivity index (χ1) is 22.0. The first-order valence-corrected chi connectivity index (χ1v) is 16.5. The third-order valence-corrected chi connectivity index (χ3v) is 9.04. The van der Waals surface area contributed by atoms with Crippen LogP contribution < -0.4 is 0 Å². The molecule has 3 aromatic carbocycles. The van der Waals surface area contributed by atoms with Crippen LogP contribution in [-0.4, -0.2) is 36.2 Å². The molecular formula is C39H45BN6. The van der Waals surface area contributed by atoms with Crippen molar-refractivity contribution in [2.75, 3.05) is 0 Å². The first-order valence-electron chi connectivity index (χ1n) is 16.5. The van der Waals surface area contributed by atoms with E-state index in [9.17, 15) is 0 Å². The SMILES string of the molecule is Cc1cc(-c2ccc(C(C)C)cc2)nn1B(n1nc(-c2ccc(C(C)C)cc2)cc1C)n1nc(-c2ccc(C(C)C)cc2)cc1C. The van der Waals surface area contributed by atoms with Crippen LogP contribution in [0.25, 0.3) is 33.8 Å². The van der Waals surface area contributed by atoms with E-state index in [0.717, 1.165) is 50.9 Å². The summed E-state index contributed by atoms with van der Waals surface area (Å²) in [4.78, 5) is 0. The summed E-state index contributed by atoms with van der Waals surface area (Å²) in [7, 11) is -0.434. The van der Waals surface area contributed by atoms with Gasteiger partial charge >= 0.3 is 7.12 Å². The number of hydrogen-bond donors (Lipinski definition) is 0. The summed E-state index contributed by atoms with van der Waals surface area (Å²) in [5.41, 5.74) is 13.1. The lowest BCUT2D eigenvalue weighted by molar-refractivity contribution is 0.743. The van der Waals surface area contributed by atoms with Gasteiger partial charge in [0, 0.05) is 33.8 Å². The zero-order valence-electron chi connectivity index (χ0n) is 28.7. The van der Waals surface area contributed by atoms with Crippen LogP contribution >= 0.6 is 0 Å². The van der Waals surface area contributed by atoms with E-state index < -0.39 is 7.12 Å². The number of benzene rings is 3. The van der Waals surface area contributed by atoms with Gasteiger partial charge in [-0.25, -0.2) is 0 Å². The van der Waals surface area contributed by atoms with E-state index in [1.807, 2.05) is 0 Å². The first kappa shape index (κ1) is 31.3. The van der Waals surface area contributed by atoms with Crippen molar-refractivity contribution in [1.29, 1.82) is 0 Å². The third kappa shape index (κ3) is 6.11. The normalized spacial score (nSPS) is 11.7. The fourth-order valence-corrected chi connectivity index (χ4v) is 6.02. The van der Waals surface area contributed by atoms with E-state index in [-0.39, 0.29) is 0 Å². The molecule has 0 saturated carbocycles. The maximum Gasteiger partial charge on any atom is 0.569 e. The molecule has 234 valence electrons. The molecule has 0 amide bonds. The van der Waals surface area contributed by atoms with Gasteiger partial charge in [-0.05, 0) is 73.4 Å². The van der Waals surface area contributed by atoms with E-state index in [4.69, 9.17) is 15.3 Å². The summed E-state index contributed by atoms with van der Waals surface area (Å²) < 4.78 is 6.18. The maximum atomic E-state index is 5.21. The highest BCUT2D eigenvalue weighted by Crippen LogP contribution is 2.27. The highest BCUT2D eigenvalue weighted by molar-refractivity contribution is 6.53. The lowest BCUT2D eigenvalue weighted by atomic mass is 9.93. The van der Waals surface area contributed by atoms with Crippen LogP contribution in [0.3, 0.4) is 0 Å². The minimum absolute atomic E-state index is 0.434. The van der Waals surface area contributed by atoms with Crippen LogP contribution in [0.15, 0.2) is 91.0 Å². The van der Waals surface area contributed by atoms with E-state index in [2.05, 4.69) is 167 Å². The van der Waals surface area contributed by atoms with E-state index in [1.54, 1.807) is 0 Å². The highest BCUT2D eigenvalue weighted by atomic mass is 15.5. The molecule has 6 aromatic rings. The molecule has 0 unspecified atom stereocenters. The Balaban J connectivity index is 1.47. The van der Waals surface area contributed by atoms with Crippen molar-refractivity contribution in [3.05, 3.63) is 125 Å². The van der Waals surface area contributed by atoms with Crippen molar-refractivity contribution in [3.63, 3.8) is 0 Å². The predicted octanol–water partition coefficient (Wildman–Crippen LogP) is 9.50. The summed E-state index contributed by atoms with van der Waals surface area (Å²) in [6, 6.07) is 32.7. The van der Waals surface area contributed by atoms with Gasteiger partial charge in [-0.3, -0.25) is 13.8 Å². The molecule has 6 nitrogen and oxygen atoms in total. The van der Waals surface area contributed by atoms with Crippen LogP contribution in [0.1, 0.15) is 93.1 Å². The van der Waals surface area contributed by atoms with Crippen molar-refractivity contribution in [2.45, 2.75) is 80.1 Å². The largest absolute Gasteiger partial charge is 0.569 e. The number of aryl methyl sites for hydroxylation is 3. The molecule has 0 aliphatic heterocycles. The predicted molar refractivity (Wildman–Crippen MR) is 191 cm³/mol. The average Bonchev–Trinajstić information content (AvgIpc) is 3.74. The Bertz CT molecular complexity index is 1710. The summed E-state index contributed by atoms with van der Waals surface area (Å²) in [6.45, 7) is 19.7. The van der Waals surface area contributed by atoms with Gasteiger partial charge in [0.25, 0.3) is 0 Å². The minimum Gasteiger partial charge on any atom is -0.265 e. The Morgan fingerprint density at radius 3 is 0.870 bits per heavy atom. The fourth-order valence-electron chi connectivity index (χ4n) is 6.02. The van der Waals surface area contributed by atoms with E-state index in [0.29, 0.717) is 17.8 Å². The molecule has 7 heteroatoms. The van der Waals surface area contributed by atoms with Crippen molar-refractivity contribution in [3.8, 4) is 33.8 Å². The fraction of sp³-hybridized carbons (Fsp3) is 0.308. The van der Waals surface area contributed by atoms with Crippen molar-refractivity contribution in [1.82, 2.24) is 29.1 Å². The zero-order chi connectivity index (χ0) is 32.7. The number of nitrogens with zero attached hydrogens (tertiary/aromatic N) is 6.